The largest absolute Gasteiger partial charge is 0.486 e. The fourth-order valence-electron chi connectivity index (χ4n) is 2.54. The van der Waals surface area contributed by atoms with Gasteiger partial charge >= 0.3 is 0 Å². The predicted molar refractivity (Wildman–Crippen MR) is 77.4 cm³/mol. The Kier molecular flexibility index (Phi) is 3.36. The zero-order chi connectivity index (χ0) is 14.1. The van der Waals surface area contributed by atoms with Crippen molar-refractivity contribution in [2.75, 3.05) is 13.2 Å². The number of ether oxygens (including phenoxy) is 2. The maximum atomic E-state index is 10.6. The Hall–Kier alpha value is -2.00. The van der Waals surface area contributed by atoms with E-state index in [4.69, 9.17) is 9.47 Å². The van der Waals surface area contributed by atoms with Crippen molar-refractivity contribution < 1.29 is 14.6 Å². The van der Waals surface area contributed by atoms with Crippen molar-refractivity contribution in [2.45, 2.75) is 20.0 Å². The van der Waals surface area contributed by atoms with E-state index in [0.29, 0.717) is 19.0 Å². The quantitative estimate of drug-likeness (QED) is 0.911. The number of rotatable bonds is 2. The molecule has 0 saturated heterocycles. The average molecular weight is 270 g/mol. The highest BCUT2D eigenvalue weighted by molar-refractivity contribution is 5.47. The molecule has 1 unspecified atom stereocenters. The third-order valence-electron chi connectivity index (χ3n) is 3.60. The smallest absolute Gasteiger partial charge is 0.161 e. The molecule has 1 aliphatic heterocycles. The van der Waals surface area contributed by atoms with Crippen molar-refractivity contribution in [1.82, 2.24) is 0 Å². The van der Waals surface area contributed by atoms with Crippen molar-refractivity contribution in [3.05, 3.63) is 58.7 Å². The van der Waals surface area contributed by atoms with E-state index in [-0.39, 0.29) is 0 Å². The lowest BCUT2D eigenvalue weighted by Gasteiger charge is -2.21. The minimum absolute atomic E-state index is 0.552. The molecule has 1 N–H and O–H groups in total. The number of hydrogen-bond donors (Lipinski definition) is 1. The molecule has 0 aromatic heterocycles. The van der Waals surface area contributed by atoms with E-state index in [0.717, 1.165) is 22.4 Å². The van der Waals surface area contributed by atoms with E-state index in [1.807, 2.05) is 44.2 Å². The van der Waals surface area contributed by atoms with Gasteiger partial charge in [0, 0.05) is 0 Å². The normalized spacial score (nSPS) is 14.9. The zero-order valence-electron chi connectivity index (χ0n) is 11.7. The molecule has 3 heteroatoms. The highest BCUT2D eigenvalue weighted by Gasteiger charge is 2.17. The van der Waals surface area contributed by atoms with Crippen LogP contribution in [-0.2, 0) is 0 Å². The number of aliphatic hydroxyl groups excluding tert-OH is 1. The summed E-state index contributed by atoms with van der Waals surface area (Å²) in [4.78, 5) is 0. The molecule has 0 aliphatic carbocycles. The number of aryl methyl sites for hydroxylation is 2. The minimum Gasteiger partial charge on any atom is -0.486 e. The van der Waals surface area contributed by atoms with Crippen molar-refractivity contribution >= 4 is 0 Å². The lowest BCUT2D eigenvalue weighted by molar-refractivity contribution is 0.169. The van der Waals surface area contributed by atoms with E-state index in [1.165, 1.54) is 5.56 Å². The summed E-state index contributed by atoms with van der Waals surface area (Å²) in [5.74, 6) is 1.45. The fourth-order valence-corrected chi connectivity index (χ4v) is 2.54. The monoisotopic (exact) mass is 270 g/mol. The standard InChI is InChI=1S/C17H18O3/c1-11-3-5-14(12(2)9-11)17(18)13-4-6-15-16(10-13)20-8-7-19-15/h3-6,9-10,17-18H,7-8H2,1-2H3. The van der Waals surface area contributed by atoms with Crippen LogP contribution in [0, 0.1) is 13.8 Å². The van der Waals surface area contributed by atoms with Gasteiger partial charge < -0.3 is 14.6 Å². The Bertz CT molecular complexity index is 634. The molecule has 0 saturated carbocycles. The van der Waals surface area contributed by atoms with Gasteiger partial charge in [0.2, 0.25) is 0 Å². The lowest BCUT2D eigenvalue weighted by Crippen LogP contribution is -2.15. The summed E-state index contributed by atoms with van der Waals surface area (Å²) in [5.41, 5.74) is 4.03. The van der Waals surface area contributed by atoms with E-state index in [2.05, 4.69) is 6.07 Å². The van der Waals surface area contributed by atoms with Crippen LogP contribution in [0.4, 0.5) is 0 Å². The van der Waals surface area contributed by atoms with Crippen LogP contribution in [0.3, 0.4) is 0 Å². The maximum absolute atomic E-state index is 10.6. The van der Waals surface area contributed by atoms with Crippen LogP contribution in [0.2, 0.25) is 0 Å². The van der Waals surface area contributed by atoms with E-state index in [1.54, 1.807) is 0 Å². The van der Waals surface area contributed by atoms with Gasteiger partial charge in [-0.15, -0.1) is 0 Å². The van der Waals surface area contributed by atoms with Crippen molar-refractivity contribution in [3.63, 3.8) is 0 Å². The van der Waals surface area contributed by atoms with Crippen molar-refractivity contribution in [1.29, 1.82) is 0 Å². The number of fused-ring (bicyclic) bond motifs is 1. The first-order valence-electron chi connectivity index (χ1n) is 6.80. The summed E-state index contributed by atoms with van der Waals surface area (Å²) >= 11 is 0. The fraction of sp³-hybridized carbons (Fsp3) is 0.294. The Morgan fingerprint density at radius 1 is 0.950 bits per heavy atom. The third-order valence-corrected chi connectivity index (χ3v) is 3.60. The molecule has 0 bridgehead atoms. The van der Waals surface area contributed by atoms with Crippen LogP contribution in [0.25, 0.3) is 0 Å². The average Bonchev–Trinajstić information content (AvgIpc) is 2.46. The Balaban J connectivity index is 1.95. The second-order valence-corrected chi connectivity index (χ2v) is 5.17. The van der Waals surface area contributed by atoms with Gasteiger partial charge in [0.15, 0.2) is 11.5 Å². The van der Waals surface area contributed by atoms with Gasteiger partial charge in [0.25, 0.3) is 0 Å². The minimum atomic E-state index is -0.647. The molecule has 1 aliphatic rings. The Labute approximate surface area is 118 Å². The van der Waals surface area contributed by atoms with Crippen LogP contribution in [-0.4, -0.2) is 18.3 Å². The third kappa shape index (κ3) is 2.37. The summed E-state index contributed by atoms with van der Waals surface area (Å²) < 4.78 is 11.1. The van der Waals surface area contributed by atoms with Crippen molar-refractivity contribution in [3.8, 4) is 11.5 Å². The molecule has 2 aromatic rings. The van der Waals surface area contributed by atoms with Gasteiger partial charge in [-0.05, 0) is 42.7 Å². The molecule has 0 amide bonds. The zero-order valence-corrected chi connectivity index (χ0v) is 11.7. The molecule has 0 radical (unpaired) electrons. The van der Waals surface area contributed by atoms with Crippen LogP contribution in [0.1, 0.15) is 28.4 Å². The second-order valence-electron chi connectivity index (χ2n) is 5.17. The molecular formula is C17H18O3. The van der Waals surface area contributed by atoms with Gasteiger partial charge in [-0.25, -0.2) is 0 Å². The lowest BCUT2D eigenvalue weighted by atomic mass is 9.96. The SMILES string of the molecule is Cc1ccc(C(O)c2ccc3c(c2)OCCO3)c(C)c1. The second kappa shape index (κ2) is 5.17. The maximum Gasteiger partial charge on any atom is 0.161 e. The first-order valence-corrected chi connectivity index (χ1v) is 6.80. The summed E-state index contributed by atoms with van der Waals surface area (Å²) in [7, 11) is 0. The summed E-state index contributed by atoms with van der Waals surface area (Å²) in [6.07, 6.45) is -0.647. The Morgan fingerprint density at radius 3 is 2.45 bits per heavy atom. The molecule has 0 spiro atoms. The van der Waals surface area contributed by atoms with Crippen LogP contribution in [0.15, 0.2) is 36.4 Å². The topological polar surface area (TPSA) is 38.7 Å². The van der Waals surface area contributed by atoms with Crippen LogP contribution >= 0.6 is 0 Å². The van der Waals surface area contributed by atoms with E-state index >= 15 is 0 Å². The first kappa shape index (κ1) is 13.0. The molecule has 3 nitrogen and oxygen atoms in total. The first-order chi connectivity index (χ1) is 9.65. The van der Waals surface area contributed by atoms with E-state index in [9.17, 15) is 5.11 Å². The number of hydrogen-bond acceptors (Lipinski definition) is 3. The Morgan fingerprint density at radius 2 is 1.70 bits per heavy atom. The number of benzene rings is 2. The van der Waals surface area contributed by atoms with Gasteiger partial charge in [0.1, 0.15) is 19.3 Å². The van der Waals surface area contributed by atoms with Gasteiger partial charge in [-0.1, -0.05) is 29.8 Å². The van der Waals surface area contributed by atoms with Crippen LogP contribution < -0.4 is 9.47 Å². The molecule has 3 rings (SSSR count). The van der Waals surface area contributed by atoms with Gasteiger partial charge in [-0.3, -0.25) is 0 Å². The van der Waals surface area contributed by atoms with Gasteiger partial charge in [0.05, 0.1) is 0 Å². The molecule has 0 fully saturated rings. The molecule has 1 heterocycles. The van der Waals surface area contributed by atoms with E-state index < -0.39 is 6.10 Å². The highest BCUT2D eigenvalue weighted by Crippen LogP contribution is 2.34. The van der Waals surface area contributed by atoms with Crippen molar-refractivity contribution in [2.24, 2.45) is 0 Å². The summed E-state index contributed by atoms with van der Waals surface area (Å²) in [6.45, 7) is 5.19. The molecular weight excluding hydrogens is 252 g/mol. The summed E-state index contributed by atoms with van der Waals surface area (Å²) in [5, 5.41) is 10.6. The molecule has 104 valence electrons. The number of aliphatic hydroxyl groups is 1. The highest BCUT2D eigenvalue weighted by atomic mass is 16.6. The molecule has 1 atom stereocenters. The van der Waals surface area contributed by atoms with Gasteiger partial charge in [-0.2, -0.15) is 0 Å². The molecule has 2 aromatic carbocycles. The molecule has 20 heavy (non-hydrogen) atoms. The summed E-state index contributed by atoms with van der Waals surface area (Å²) in [6, 6.07) is 11.7. The predicted octanol–water partition coefficient (Wildman–Crippen LogP) is 3.16. The van der Waals surface area contributed by atoms with Crippen LogP contribution in [0.5, 0.6) is 11.5 Å².